The highest BCUT2D eigenvalue weighted by Gasteiger charge is 2.31. The monoisotopic (exact) mass is 525 g/mol. The van der Waals surface area contributed by atoms with E-state index >= 15 is 0 Å². The number of carbonyl (C=O) groups is 1. The van der Waals surface area contributed by atoms with Crippen molar-refractivity contribution in [2.45, 2.75) is 59.0 Å². The average Bonchev–Trinajstić information content (AvgIpc) is 3.53. The molecule has 6 rings (SSSR count). The summed E-state index contributed by atoms with van der Waals surface area (Å²) < 4.78 is 3.60. The molecular formula is C29H35N9O. The Hall–Kier alpha value is -3.92. The highest BCUT2D eigenvalue weighted by Crippen LogP contribution is 2.29. The van der Waals surface area contributed by atoms with Crippen LogP contribution in [-0.2, 0) is 6.42 Å². The SMILES string of the molecule is Cc1ncc(CC(=O)c2cc(C)n(C(C)C)n2)cc1-n1cc(-c2cncc(N3CCN(C4CC4)CC3)c2)nn1. The fourth-order valence-electron chi connectivity index (χ4n) is 5.35. The molecule has 0 bridgehead atoms. The van der Waals surface area contributed by atoms with E-state index < -0.39 is 0 Å². The van der Waals surface area contributed by atoms with Crippen LogP contribution in [0.4, 0.5) is 5.69 Å². The molecule has 0 radical (unpaired) electrons. The molecule has 2 aliphatic rings. The predicted molar refractivity (Wildman–Crippen MR) is 149 cm³/mol. The summed E-state index contributed by atoms with van der Waals surface area (Å²) in [7, 11) is 0. The van der Waals surface area contributed by atoms with Crippen LogP contribution in [-0.4, -0.2) is 77.6 Å². The number of rotatable bonds is 8. The highest BCUT2D eigenvalue weighted by atomic mass is 16.1. The first-order valence-corrected chi connectivity index (χ1v) is 13.8. The molecule has 5 heterocycles. The van der Waals surface area contributed by atoms with Crippen LogP contribution in [0.25, 0.3) is 16.9 Å². The third-order valence-corrected chi connectivity index (χ3v) is 7.68. The van der Waals surface area contributed by atoms with E-state index in [1.165, 1.54) is 12.8 Å². The van der Waals surface area contributed by atoms with Crippen LogP contribution in [0.2, 0.25) is 0 Å². The van der Waals surface area contributed by atoms with Crippen LogP contribution >= 0.6 is 0 Å². The van der Waals surface area contributed by atoms with Gasteiger partial charge in [0.05, 0.1) is 29.5 Å². The van der Waals surface area contributed by atoms with Crippen molar-refractivity contribution in [1.82, 2.24) is 39.6 Å². The largest absolute Gasteiger partial charge is 0.368 e. The van der Waals surface area contributed by atoms with Gasteiger partial charge in [-0.15, -0.1) is 5.10 Å². The van der Waals surface area contributed by atoms with Gasteiger partial charge in [0.1, 0.15) is 11.4 Å². The second kappa shape index (κ2) is 10.3. The standard InChI is InChI=1S/C29H35N9O/c1-19(2)38-20(3)11-26(33-38)29(39)13-22-12-28(21(4)31-15-22)37-18-27(32-34-37)23-14-25(17-30-16-23)36-9-7-35(8-10-36)24-5-6-24/h11-12,14-19,24H,5-10,13H2,1-4H3. The molecule has 1 saturated carbocycles. The van der Waals surface area contributed by atoms with Crippen LogP contribution in [0.5, 0.6) is 0 Å². The number of pyridine rings is 2. The summed E-state index contributed by atoms with van der Waals surface area (Å²) in [5, 5.41) is 13.3. The Morgan fingerprint density at radius 3 is 2.54 bits per heavy atom. The number of ketones is 1. The second-order valence-electron chi connectivity index (χ2n) is 11.0. The molecule has 10 nitrogen and oxygen atoms in total. The minimum absolute atomic E-state index is 0.0331. The third kappa shape index (κ3) is 5.34. The van der Waals surface area contributed by atoms with Crippen molar-refractivity contribution in [2.24, 2.45) is 0 Å². The second-order valence-corrected chi connectivity index (χ2v) is 11.0. The Labute approximate surface area is 228 Å². The Morgan fingerprint density at radius 2 is 1.82 bits per heavy atom. The molecule has 10 heteroatoms. The van der Waals surface area contributed by atoms with Crippen LogP contribution in [0, 0.1) is 13.8 Å². The van der Waals surface area contributed by atoms with Gasteiger partial charge >= 0.3 is 0 Å². The molecule has 0 N–H and O–H groups in total. The zero-order valence-corrected chi connectivity index (χ0v) is 23.1. The molecule has 0 unspecified atom stereocenters. The fraction of sp³-hybridized carbons (Fsp3) is 0.448. The maximum absolute atomic E-state index is 13.0. The minimum Gasteiger partial charge on any atom is -0.368 e. The summed E-state index contributed by atoms with van der Waals surface area (Å²) in [6.45, 7) is 12.3. The summed E-state index contributed by atoms with van der Waals surface area (Å²) in [5.74, 6) is -0.0331. The summed E-state index contributed by atoms with van der Waals surface area (Å²) in [6, 6.07) is 6.97. The van der Waals surface area contributed by atoms with Crippen molar-refractivity contribution in [3.8, 4) is 16.9 Å². The van der Waals surface area contributed by atoms with Gasteiger partial charge in [-0.1, -0.05) is 5.21 Å². The minimum atomic E-state index is -0.0331. The van der Waals surface area contributed by atoms with Crippen molar-refractivity contribution >= 4 is 11.5 Å². The van der Waals surface area contributed by atoms with Crippen LogP contribution in [0.1, 0.15) is 60.2 Å². The van der Waals surface area contributed by atoms with E-state index in [0.717, 1.165) is 71.8 Å². The van der Waals surface area contributed by atoms with Crippen LogP contribution in [0.15, 0.2) is 43.0 Å². The fourth-order valence-corrected chi connectivity index (χ4v) is 5.35. The number of aryl methyl sites for hydroxylation is 2. The Morgan fingerprint density at radius 1 is 1.03 bits per heavy atom. The Bertz CT molecular complexity index is 1490. The highest BCUT2D eigenvalue weighted by molar-refractivity contribution is 5.95. The first-order valence-electron chi connectivity index (χ1n) is 13.8. The Kier molecular flexibility index (Phi) is 6.72. The van der Waals surface area contributed by atoms with Gasteiger partial charge in [0.2, 0.25) is 0 Å². The molecule has 4 aromatic heterocycles. The molecule has 0 atom stereocenters. The van der Waals surface area contributed by atoms with E-state index in [1.807, 2.05) is 49.3 Å². The number of nitrogens with zero attached hydrogens (tertiary/aromatic N) is 9. The third-order valence-electron chi connectivity index (χ3n) is 7.68. The first kappa shape index (κ1) is 25.4. The van der Waals surface area contributed by atoms with E-state index in [9.17, 15) is 4.79 Å². The van der Waals surface area contributed by atoms with E-state index in [2.05, 4.69) is 55.1 Å². The summed E-state index contributed by atoms with van der Waals surface area (Å²) in [6.07, 6.45) is 10.3. The van der Waals surface area contributed by atoms with Crippen molar-refractivity contribution < 1.29 is 4.79 Å². The molecule has 0 spiro atoms. The number of hydrogen-bond donors (Lipinski definition) is 0. The summed E-state index contributed by atoms with van der Waals surface area (Å²) in [4.78, 5) is 27.1. The molecule has 0 aromatic carbocycles. The van der Waals surface area contributed by atoms with Crippen molar-refractivity contribution in [2.75, 3.05) is 31.1 Å². The normalized spacial score (nSPS) is 16.3. The topological polar surface area (TPSA) is 97.9 Å². The molecule has 2 fully saturated rings. The van der Waals surface area contributed by atoms with E-state index in [0.29, 0.717) is 5.69 Å². The zero-order chi connectivity index (χ0) is 27.1. The van der Waals surface area contributed by atoms with Gasteiger partial charge in [0.15, 0.2) is 5.78 Å². The number of aromatic nitrogens is 7. The number of carbonyl (C=O) groups excluding carboxylic acids is 1. The lowest BCUT2D eigenvalue weighted by Gasteiger charge is -2.36. The van der Waals surface area contributed by atoms with E-state index in [1.54, 1.807) is 10.9 Å². The van der Waals surface area contributed by atoms with E-state index in [-0.39, 0.29) is 18.2 Å². The maximum atomic E-state index is 13.0. The van der Waals surface area contributed by atoms with Gasteiger partial charge < -0.3 is 4.90 Å². The lowest BCUT2D eigenvalue weighted by molar-refractivity contribution is 0.0987. The van der Waals surface area contributed by atoms with Gasteiger partial charge in [-0.05, 0) is 64.3 Å². The Balaban J connectivity index is 1.18. The summed E-state index contributed by atoms with van der Waals surface area (Å²) >= 11 is 0. The van der Waals surface area contributed by atoms with E-state index in [4.69, 9.17) is 0 Å². The number of piperazine rings is 1. The van der Waals surface area contributed by atoms with Crippen molar-refractivity contribution in [3.05, 3.63) is 65.6 Å². The average molecular weight is 526 g/mol. The van der Waals surface area contributed by atoms with Crippen LogP contribution < -0.4 is 4.90 Å². The lowest BCUT2D eigenvalue weighted by atomic mass is 10.1. The quantitative estimate of drug-likeness (QED) is 0.320. The smallest absolute Gasteiger partial charge is 0.187 e. The van der Waals surface area contributed by atoms with Gasteiger partial charge in [-0.3, -0.25) is 24.3 Å². The van der Waals surface area contributed by atoms with Crippen molar-refractivity contribution in [3.63, 3.8) is 0 Å². The van der Waals surface area contributed by atoms with Gasteiger partial charge in [0.25, 0.3) is 0 Å². The molecule has 202 valence electrons. The number of anilines is 1. The van der Waals surface area contributed by atoms with Gasteiger partial charge in [0, 0.05) is 68.3 Å². The predicted octanol–water partition coefficient (Wildman–Crippen LogP) is 3.83. The van der Waals surface area contributed by atoms with Crippen molar-refractivity contribution in [1.29, 1.82) is 0 Å². The van der Waals surface area contributed by atoms with Crippen LogP contribution in [0.3, 0.4) is 0 Å². The summed E-state index contributed by atoms with van der Waals surface area (Å²) in [5.41, 5.74) is 6.66. The molecule has 4 aromatic rings. The molecule has 1 saturated heterocycles. The van der Waals surface area contributed by atoms with Gasteiger partial charge in [-0.25, -0.2) is 4.68 Å². The maximum Gasteiger partial charge on any atom is 0.187 e. The number of hydrogen-bond acceptors (Lipinski definition) is 8. The van der Waals surface area contributed by atoms with Gasteiger partial charge in [-0.2, -0.15) is 5.10 Å². The molecule has 1 aliphatic heterocycles. The molecular weight excluding hydrogens is 490 g/mol. The number of Topliss-reactive ketones (excluding diaryl/α,β-unsaturated/α-hetero) is 1. The first-order chi connectivity index (χ1) is 18.9. The lowest BCUT2D eigenvalue weighted by Crippen LogP contribution is -2.47. The zero-order valence-electron chi connectivity index (χ0n) is 23.1. The molecule has 1 aliphatic carbocycles. The molecule has 0 amide bonds. The molecule has 39 heavy (non-hydrogen) atoms.